The quantitative estimate of drug-likeness (QED) is 0.650. The van der Waals surface area contributed by atoms with Crippen molar-refractivity contribution in [2.75, 3.05) is 19.9 Å². The minimum atomic E-state index is -0.700. The number of nitrogens with one attached hydrogen (secondary N) is 2. The second-order valence-corrected chi connectivity index (χ2v) is 6.67. The first-order valence-electron chi connectivity index (χ1n) is 6.59. The molecule has 0 aliphatic heterocycles. The van der Waals surface area contributed by atoms with Crippen LogP contribution in [0.25, 0.3) is 0 Å². The minimum absolute atomic E-state index is 0.0866. The first-order chi connectivity index (χ1) is 8.91. The van der Waals surface area contributed by atoms with Crippen LogP contribution in [0.3, 0.4) is 0 Å². The van der Waals surface area contributed by atoms with E-state index in [4.69, 9.17) is 4.74 Å². The number of rotatable bonds is 8. The maximum Gasteiger partial charge on any atom is 0.325 e. The summed E-state index contributed by atoms with van der Waals surface area (Å²) in [6, 6.07) is 0.404. The van der Waals surface area contributed by atoms with Gasteiger partial charge in [0, 0.05) is 11.3 Å². The molecule has 1 aliphatic carbocycles. The molecule has 1 aliphatic rings. The Hall–Kier alpha value is -0.750. The van der Waals surface area contributed by atoms with E-state index in [9.17, 15) is 9.59 Å². The molecule has 1 saturated carbocycles. The molecule has 19 heavy (non-hydrogen) atoms. The van der Waals surface area contributed by atoms with Crippen molar-refractivity contribution in [3.05, 3.63) is 0 Å². The van der Waals surface area contributed by atoms with Crippen LogP contribution < -0.4 is 10.6 Å². The van der Waals surface area contributed by atoms with E-state index in [-0.39, 0.29) is 17.1 Å². The number of methoxy groups -OCH3 is 1. The van der Waals surface area contributed by atoms with Gasteiger partial charge in [0.25, 0.3) is 0 Å². The highest BCUT2D eigenvalue weighted by molar-refractivity contribution is 8.00. The molecule has 2 N–H and O–H groups in total. The van der Waals surface area contributed by atoms with Crippen molar-refractivity contribution in [3.63, 3.8) is 0 Å². The zero-order valence-electron chi connectivity index (χ0n) is 12.1. The van der Waals surface area contributed by atoms with E-state index in [2.05, 4.69) is 10.6 Å². The molecular formula is C13H24N2O3S. The summed E-state index contributed by atoms with van der Waals surface area (Å²) in [7, 11) is 3.13. The second-order valence-electron chi connectivity index (χ2n) is 5.24. The molecule has 1 amide bonds. The molecule has 0 spiro atoms. The van der Waals surface area contributed by atoms with E-state index in [0.717, 1.165) is 12.8 Å². The zero-order chi connectivity index (χ0) is 14.5. The molecule has 0 aromatic heterocycles. The molecule has 1 rings (SSSR count). The van der Waals surface area contributed by atoms with E-state index in [1.54, 1.807) is 18.8 Å². The Balaban J connectivity index is 2.33. The fraction of sp³-hybridized carbons (Fsp3) is 0.846. The Morgan fingerprint density at radius 2 is 2.11 bits per heavy atom. The Morgan fingerprint density at radius 1 is 1.47 bits per heavy atom. The van der Waals surface area contributed by atoms with Crippen molar-refractivity contribution in [1.29, 1.82) is 0 Å². The van der Waals surface area contributed by atoms with Crippen LogP contribution in [0.15, 0.2) is 0 Å². The van der Waals surface area contributed by atoms with Gasteiger partial charge >= 0.3 is 5.97 Å². The molecular weight excluding hydrogens is 264 g/mol. The smallest absolute Gasteiger partial charge is 0.325 e. The van der Waals surface area contributed by atoms with Crippen molar-refractivity contribution in [1.82, 2.24) is 10.6 Å². The van der Waals surface area contributed by atoms with Crippen molar-refractivity contribution in [2.45, 2.75) is 49.9 Å². The normalized spacial score (nSPS) is 19.4. The van der Waals surface area contributed by atoms with Crippen LogP contribution in [-0.2, 0) is 14.3 Å². The third-order valence-electron chi connectivity index (χ3n) is 3.32. The molecule has 0 saturated heterocycles. The van der Waals surface area contributed by atoms with Gasteiger partial charge in [0.2, 0.25) is 5.91 Å². The molecule has 0 aromatic carbocycles. The van der Waals surface area contributed by atoms with Gasteiger partial charge in [-0.2, -0.15) is 0 Å². The number of hydrogen-bond donors (Lipinski definition) is 2. The summed E-state index contributed by atoms with van der Waals surface area (Å²) in [6.07, 6.45) is 2.83. The highest BCUT2D eigenvalue weighted by Gasteiger charge is 2.34. The van der Waals surface area contributed by atoms with E-state index in [1.165, 1.54) is 7.11 Å². The molecule has 2 atom stereocenters. The third-order valence-corrected chi connectivity index (χ3v) is 4.49. The summed E-state index contributed by atoms with van der Waals surface area (Å²) < 4.78 is 4.80. The van der Waals surface area contributed by atoms with Crippen LogP contribution in [0.5, 0.6) is 0 Å². The summed E-state index contributed by atoms with van der Waals surface area (Å²) in [5, 5.41) is 6.15. The Labute approximate surface area is 119 Å². The molecule has 6 heteroatoms. The van der Waals surface area contributed by atoms with Gasteiger partial charge in [0.05, 0.1) is 12.9 Å². The molecule has 2 unspecified atom stereocenters. The summed E-state index contributed by atoms with van der Waals surface area (Å²) in [4.78, 5) is 23.3. The van der Waals surface area contributed by atoms with Crippen molar-refractivity contribution in [3.8, 4) is 0 Å². The number of hydrogen-bond acceptors (Lipinski definition) is 5. The molecule has 1 fully saturated rings. The molecule has 5 nitrogen and oxygen atoms in total. The van der Waals surface area contributed by atoms with Crippen molar-refractivity contribution in [2.24, 2.45) is 0 Å². The number of ether oxygens (including phenoxy) is 1. The van der Waals surface area contributed by atoms with Crippen LogP contribution in [0, 0.1) is 0 Å². The predicted octanol–water partition coefficient (Wildman–Crippen LogP) is 0.928. The van der Waals surface area contributed by atoms with E-state index >= 15 is 0 Å². The van der Waals surface area contributed by atoms with Crippen LogP contribution in [0.2, 0.25) is 0 Å². The lowest BCUT2D eigenvalue weighted by molar-refractivity contribution is -0.147. The molecule has 0 radical (unpaired) electrons. The topological polar surface area (TPSA) is 67.4 Å². The van der Waals surface area contributed by atoms with E-state index in [1.807, 2.05) is 13.8 Å². The number of carbonyl (C=O) groups is 2. The summed E-state index contributed by atoms with van der Waals surface area (Å²) in [6.45, 7) is 3.84. The average Bonchev–Trinajstić information content (AvgIpc) is 3.19. The van der Waals surface area contributed by atoms with Crippen LogP contribution >= 0.6 is 11.8 Å². The lowest BCUT2D eigenvalue weighted by Gasteiger charge is -2.28. The first kappa shape index (κ1) is 16.3. The molecule has 0 heterocycles. The summed E-state index contributed by atoms with van der Waals surface area (Å²) in [5.41, 5.74) is -0.700. The molecule has 110 valence electrons. The highest BCUT2D eigenvalue weighted by atomic mass is 32.2. The van der Waals surface area contributed by atoms with E-state index < -0.39 is 5.54 Å². The van der Waals surface area contributed by atoms with Gasteiger partial charge in [-0.15, -0.1) is 11.8 Å². The first-order valence-corrected chi connectivity index (χ1v) is 7.64. The van der Waals surface area contributed by atoms with Gasteiger partial charge in [-0.25, -0.2) is 0 Å². The summed E-state index contributed by atoms with van der Waals surface area (Å²) in [5.74, 6) is 0.256. The van der Waals surface area contributed by atoms with E-state index in [0.29, 0.717) is 18.2 Å². The number of thioether (sulfide) groups is 1. The fourth-order valence-corrected chi connectivity index (χ4v) is 2.83. The third kappa shape index (κ3) is 5.40. The summed E-state index contributed by atoms with van der Waals surface area (Å²) >= 11 is 1.56. The number of carbonyl (C=O) groups excluding carboxylic acids is 2. The average molecular weight is 288 g/mol. The lowest BCUT2D eigenvalue weighted by atomic mass is 9.96. The largest absolute Gasteiger partial charge is 0.468 e. The van der Waals surface area contributed by atoms with Gasteiger partial charge in [-0.1, -0.05) is 6.92 Å². The lowest BCUT2D eigenvalue weighted by Crippen LogP contribution is -2.49. The van der Waals surface area contributed by atoms with Gasteiger partial charge in [0.15, 0.2) is 0 Å². The Bertz CT molecular complexity index is 334. The standard InChI is InChI=1S/C13H24N2O3S/c1-9(7-13(2,14-3)12(17)18-4)19-8-11(16)15-10-5-6-10/h9-10,14H,5-8H2,1-4H3,(H,15,16). The molecule has 0 aromatic rings. The highest BCUT2D eigenvalue weighted by Crippen LogP contribution is 2.23. The maximum absolute atomic E-state index is 11.7. The Morgan fingerprint density at radius 3 is 2.58 bits per heavy atom. The maximum atomic E-state index is 11.7. The zero-order valence-corrected chi connectivity index (χ0v) is 12.9. The van der Waals surface area contributed by atoms with Crippen LogP contribution in [-0.4, -0.2) is 48.6 Å². The van der Waals surface area contributed by atoms with Crippen LogP contribution in [0.4, 0.5) is 0 Å². The van der Waals surface area contributed by atoms with Crippen molar-refractivity contribution >= 4 is 23.6 Å². The number of esters is 1. The van der Waals surface area contributed by atoms with Crippen LogP contribution in [0.1, 0.15) is 33.1 Å². The van der Waals surface area contributed by atoms with Crippen molar-refractivity contribution < 1.29 is 14.3 Å². The molecule has 0 bridgehead atoms. The van der Waals surface area contributed by atoms with Gasteiger partial charge in [-0.3, -0.25) is 9.59 Å². The fourth-order valence-electron chi connectivity index (χ4n) is 1.86. The number of likely N-dealkylation sites (N-methyl/N-ethyl adjacent to an activating group) is 1. The predicted molar refractivity (Wildman–Crippen MR) is 77.2 cm³/mol. The number of amides is 1. The minimum Gasteiger partial charge on any atom is -0.468 e. The van der Waals surface area contributed by atoms with Gasteiger partial charge in [-0.05, 0) is 33.2 Å². The van der Waals surface area contributed by atoms with Gasteiger partial charge in [0.1, 0.15) is 5.54 Å². The SMILES string of the molecule is CNC(C)(CC(C)SCC(=O)NC1CC1)C(=O)OC. The monoisotopic (exact) mass is 288 g/mol. The van der Waals surface area contributed by atoms with Gasteiger partial charge < -0.3 is 15.4 Å². The Kier molecular flexibility index (Phi) is 6.13. The second kappa shape index (κ2) is 7.14.